The Hall–Kier alpha value is -4.63. The molecule has 39 heavy (non-hydrogen) atoms. The van der Waals surface area contributed by atoms with Gasteiger partial charge in [-0.25, -0.2) is 4.79 Å². The third kappa shape index (κ3) is 6.82. The minimum atomic E-state index is -1.32. The Morgan fingerprint density at radius 3 is 2.10 bits per heavy atom. The minimum absolute atomic E-state index is 0.155. The summed E-state index contributed by atoms with van der Waals surface area (Å²) >= 11 is 3.43. The molecule has 0 spiro atoms. The van der Waals surface area contributed by atoms with E-state index in [0.717, 1.165) is 5.56 Å². The van der Waals surface area contributed by atoms with E-state index in [1.165, 1.54) is 30.3 Å². The first-order valence-corrected chi connectivity index (χ1v) is 12.8. The van der Waals surface area contributed by atoms with Crippen molar-refractivity contribution < 1.29 is 24.0 Å². The maximum absolute atomic E-state index is 13.4. The number of hydrogen-bond donors (Lipinski definition) is 1. The summed E-state index contributed by atoms with van der Waals surface area (Å²) in [5.41, 5.74) is 2.74. The fourth-order valence-electron chi connectivity index (χ4n) is 3.78. The third-order valence-electron chi connectivity index (χ3n) is 5.91. The Morgan fingerprint density at radius 2 is 1.46 bits per heavy atom. The number of non-ortho nitro benzene ring substituents is 1. The predicted molar refractivity (Wildman–Crippen MR) is 150 cm³/mol. The molecule has 4 aromatic carbocycles. The summed E-state index contributed by atoms with van der Waals surface area (Å²) in [4.78, 5) is 48.8. The number of nitro groups is 1. The molecule has 0 bridgehead atoms. The highest BCUT2D eigenvalue weighted by Gasteiger charge is 2.33. The molecule has 0 aliphatic rings. The van der Waals surface area contributed by atoms with Crippen LogP contribution in [0.15, 0.2) is 103 Å². The number of nitro benzene ring substituents is 1. The normalized spacial score (nSPS) is 12.2. The Morgan fingerprint density at radius 1 is 0.821 bits per heavy atom. The van der Waals surface area contributed by atoms with Crippen LogP contribution in [0.3, 0.4) is 0 Å². The van der Waals surface area contributed by atoms with Gasteiger partial charge in [-0.15, -0.1) is 0 Å². The van der Waals surface area contributed by atoms with Gasteiger partial charge in [0.15, 0.2) is 6.10 Å². The number of aryl methyl sites for hydroxylation is 1. The first-order chi connectivity index (χ1) is 18.7. The lowest BCUT2D eigenvalue weighted by Crippen LogP contribution is -2.31. The second kappa shape index (κ2) is 12.3. The van der Waals surface area contributed by atoms with Gasteiger partial charge in [0.05, 0.1) is 15.3 Å². The van der Waals surface area contributed by atoms with E-state index in [-0.39, 0.29) is 17.2 Å². The van der Waals surface area contributed by atoms with Crippen molar-refractivity contribution in [2.75, 3.05) is 5.32 Å². The van der Waals surface area contributed by atoms with Crippen molar-refractivity contribution >= 4 is 45.0 Å². The number of esters is 1. The van der Waals surface area contributed by atoms with Gasteiger partial charge in [0.25, 0.3) is 11.6 Å². The van der Waals surface area contributed by atoms with Gasteiger partial charge < -0.3 is 10.1 Å². The molecular formula is C30H23BrN2O6. The van der Waals surface area contributed by atoms with E-state index in [4.69, 9.17) is 4.74 Å². The van der Waals surface area contributed by atoms with Gasteiger partial charge in [-0.05, 0) is 48.9 Å². The lowest BCUT2D eigenvalue weighted by molar-refractivity contribution is -0.384. The highest BCUT2D eigenvalue weighted by Crippen LogP contribution is 2.33. The molecule has 196 valence electrons. The van der Waals surface area contributed by atoms with Gasteiger partial charge in [0.2, 0.25) is 5.78 Å². The van der Waals surface area contributed by atoms with E-state index >= 15 is 0 Å². The number of Topliss-reactive ketones (excluding diaryl/α,β-unsaturated/α-hetero) is 1. The molecule has 1 N–H and O–H groups in total. The largest absolute Gasteiger partial charge is 0.449 e. The van der Waals surface area contributed by atoms with Gasteiger partial charge in [-0.1, -0.05) is 76.1 Å². The highest BCUT2D eigenvalue weighted by molar-refractivity contribution is 9.09. The number of carbonyl (C=O) groups is 3. The molecule has 4 aromatic rings. The van der Waals surface area contributed by atoms with E-state index in [0.29, 0.717) is 22.4 Å². The lowest BCUT2D eigenvalue weighted by atomic mass is 9.99. The van der Waals surface area contributed by atoms with Crippen LogP contribution in [-0.4, -0.2) is 28.7 Å². The number of anilines is 1. The zero-order chi connectivity index (χ0) is 27.9. The molecule has 0 radical (unpaired) electrons. The Bertz CT molecular complexity index is 1500. The maximum Gasteiger partial charge on any atom is 0.338 e. The first kappa shape index (κ1) is 27.4. The topological polar surface area (TPSA) is 116 Å². The summed E-state index contributed by atoms with van der Waals surface area (Å²) in [6.07, 6.45) is -1.32. The number of amides is 1. The van der Waals surface area contributed by atoms with E-state index < -0.39 is 27.6 Å². The molecule has 9 heteroatoms. The smallest absolute Gasteiger partial charge is 0.338 e. The van der Waals surface area contributed by atoms with Crippen molar-refractivity contribution in [3.8, 4) is 0 Å². The summed E-state index contributed by atoms with van der Waals surface area (Å²) < 4.78 is 5.68. The van der Waals surface area contributed by atoms with E-state index in [1.807, 2.05) is 19.1 Å². The lowest BCUT2D eigenvalue weighted by Gasteiger charge is -2.22. The molecule has 0 fully saturated rings. The summed E-state index contributed by atoms with van der Waals surface area (Å²) in [6, 6.07) is 27.3. The number of rotatable bonds is 9. The van der Waals surface area contributed by atoms with Crippen molar-refractivity contribution in [3.05, 3.63) is 141 Å². The van der Waals surface area contributed by atoms with Gasteiger partial charge in [-0.3, -0.25) is 19.7 Å². The van der Waals surface area contributed by atoms with Crippen LogP contribution in [0.2, 0.25) is 0 Å². The fourth-order valence-corrected chi connectivity index (χ4v) is 4.41. The van der Waals surface area contributed by atoms with Crippen LogP contribution in [0.5, 0.6) is 0 Å². The number of ketones is 1. The van der Waals surface area contributed by atoms with E-state index in [9.17, 15) is 24.5 Å². The molecule has 0 aliphatic heterocycles. The number of benzene rings is 4. The first-order valence-electron chi connectivity index (χ1n) is 11.9. The van der Waals surface area contributed by atoms with Crippen LogP contribution >= 0.6 is 15.9 Å². The number of nitrogens with one attached hydrogen (secondary N) is 1. The number of hydrogen-bond acceptors (Lipinski definition) is 6. The zero-order valence-electron chi connectivity index (χ0n) is 20.7. The van der Waals surface area contributed by atoms with Crippen LogP contribution in [0.1, 0.15) is 47.0 Å². The molecule has 1 amide bonds. The van der Waals surface area contributed by atoms with Crippen molar-refractivity contribution in [1.82, 2.24) is 0 Å². The van der Waals surface area contributed by atoms with E-state index in [1.54, 1.807) is 60.7 Å². The SMILES string of the molecule is Cc1ccc(C(=O)Nc2ccc(C(=O)O[C@H](C(=O)c3ccccc3)[C@H](Br)c3cccc([N+](=O)[O-])c3)cc2)cc1. The monoisotopic (exact) mass is 586 g/mol. The average molecular weight is 587 g/mol. The van der Waals surface area contributed by atoms with Crippen molar-refractivity contribution in [3.63, 3.8) is 0 Å². The van der Waals surface area contributed by atoms with Gasteiger partial charge in [-0.2, -0.15) is 0 Å². The third-order valence-corrected chi connectivity index (χ3v) is 6.92. The van der Waals surface area contributed by atoms with Gasteiger partial charge in [0, 0.05) is 28.9 Å². The molecule has 0 aliphatic carbocycles. The second-order valence-electron chi connectivity index (χ2n) is 8.71. The van der Waals surface area contributed by atoms with Gasteiger partial charge >= 0.3 is 5.97 Å². The number of carbonyl (C=O) groups excluding carboxylic acids is 3. The Balaban J connectivity index is 1.54. The highest BCUT2D eigenvalue weighted by atomic mass is 79.9. The Kier molecular flexibility index (Phi) is 8.63. The quantitative estimate of drug-likeness (QED) is 0.0766. The standard InChI is InChI=1S/C30H23BrN2O6/c1-19-10-12-21(13-11-19)29(35)32-24-16-14-22(15-17-24)30(36)39-28(27(34)20-6-3-2-4-7-20)26(31)23-8-5-9-25(18-23)33(37)38/h2-18,26,28H,1H3,(H,32,35)/t26-,28+/m1/s1. The average Bonchev–Trinajstić information content (AvgIpc) is 2.96. The minimum Gasteiger partial charge on any atom is -0.449 e. The van der Waals surface area contributed by atoms with Crippen LogP contribution in [0.25, 0.3) is 0 Å². The molecule has 0 aromatic heterocycles. The number of alkyl halides is 1. The molecule has 8 nitrogen and oxygen atoms in total. The van der Waals surface area contributed by atoms with Crippen molar-refractivity contribution in [2.45, 2.75) is 17.9 Å². The molecule has 2 atom stereocenters. The number of ether oxygens (including phenoxy) is 1. The molecule has 0 saturated heterocycles. The predicted octanol–water partition coefficient (Wildman–Crippen LogP) is 6.70. The molecule has 0 saturated carbocycles. The van der Waals surface area contributed by atoms with Crippen LogP contribution in [0, 0.1) is 17.0 Å². The fraction of sp³-hybridized carbons (Fsp3) is 0.100. The van der Waals surface area contributed by atoms with Crippen LogP contribution in [-0.2, 0) is 4.74 Å². The number of halogens is 1. The Labute approximate surface area is 232 Å². The summed E-state index contributed by atoms with van der Waals surface area (Å²) in [6.45, 7) is 1.93. The summed E-state index contributed by atoms with van der Waals surface area (Å²) in [7, 11) is 0. The van der Waals surface area contributed by atoms with Crippen molar-refractivity contribution in [2.24, 2.45) is 0 Å². The van der Waals surface area contributed by atoms with Crippen molar-refractivity contribution in [1.29, 1.82) is 0 Å². The molecular weight excluding hydrogens is 564 g/mol. The van der Waals surface area contributed by atoms with E-state index in [2.05, 4.69) is 21.2 Å². The molecule has 4 rings (SSSR count). The summed E-state index contributed by atoms with van der Waals surface area (Å²) in [5, 5.41) is 14.0. The van der Waals surface area contributed by atoms with Crippen LogP contribution in [0.4, 0.5) is 11.4 Å². The molecule has 0 heterocycles. The van der Waals surface area contributed by atoms with Gasteiger partial charge in [0.1, 0.15) is 0 Å². The van der Waals surface area contributed by atoms with Crippen LogP contribution < -0.4 is 5.32 Å². The zero-order valence-corrected chi connectivity index (χ0v) is 22.3. The second-order valence-corrected chi connectivity index (χ2v) is 9.69. The molecule has 0 unspecified atom stereocenters. The maximum atomic E-state index is 13.4. The summed E-state index contributed by atoms with van der Waals surface area (Å²) in [5.74, 6) is -1.53. The number of nitrogens with zero attached hydrogens (tertiary/aromatic N) is 1.